The zero-order valence-electron chi connectivity index (χ0n) is 15.1. The van der Waals surface area contributed by atoms with Crippen molar-refractivity contribution in [3.8, 4) is 0 Å². The van der Waals surface area contributed by atoms with Crippen LogP contribution in [0.2, 0.25) is 0 Å². The number of benzene rings is 1. The minimum Gasteiger partial charge on any atom is -0.452 e. The number of ether oxygens (including phenoxy) is 1. The zero-order valence-corrected chi connectivity index (χ0v) is 15.9. The van der Waals surface area contributed by atoms with Gasteiger partial charge in [0.15, 0.2) is 16.4 Å². The molecule has 1 aliphatic heterocycles. The fraction of sp³-hybridized carbons (Fsp3) is 0.556. The highest BCUT2D eigenvalue weighted by molar-refractivity contribution is 7.90. The Balaban J connectivity index is 2.09. The number of hydrogen-bond acceptors (Lipinski definition) is 5. The Labute approximate surface area is 149 Å². The van der Waals surface area contributed by atoms with E-state index in [1.54, 1.807) is 17.9 Å². The SMILES string of the molecule is Cc1ccc(S(C)(=O)=O)cc1C(=O)OCC(=O)N1[C@H](C)CCC[C@H]1C. The second-order valence-electron chi connectivity index (χ2n) is 6.75. The van der Waals surface area contributed by atoms with Gasteiger partial charge in [-0.05, 0) is 57.7 Å². The predicted octanol–water partition coefficient (Wildman–Crippen LogP) is 2.34. The van der Waals surface area contributed by atoms with Crippen molar-refractivity contribution in [2.45, 2.75) is 57.0 Å². The Hall–Kier alpha value is -1.89. The van der Waals surface area contributed by atoms with Crippen molar-refractivity contribution in [2.24, 2.45) is 0 Å². The van der Waals surface area contributed by atoms with Gasteiger partial charge in [0.25, 0.3) is 5.91 Å². The molecule has 7 heteroatoms. The van der Waals surface area contributed by atoms with Crippen molar-refractivity contribution in [3.63, 3.8) is 0 Å². The maximum Gasteiger partial charge on any atom is 0.338 e. The van der Waals surface area contributed by atoms with Gasteiger partial charge < -0.3 is 9.64 Å². The second kappa shape index (κ2) is 7.56. The lowest BCUT2D eigenvalue weighted by Crippen LogP contribution is -2.49. The summed E-state index contributed by atoms with van der Waals surface area (Å²) in [5.41, 5.74) is 0.764. The smallest absolute Gasteiger partial charge is 0.338 e. The number of nitrogens with zero attached hydrogens (tertiary/aromatic N) is 1. The van der Waals surface area contributed by atoms with Crippen LogP contribution in [-0.4, -0.2) is 50.1 Å². The number of rotatable bonds is 4. The molecule has 0 saturated carbocycles. The van der Waals surface area contributed by atoms with E-state index in [4.69, 9.17) is 4.74 Å². The standard InChI is InChI=1S/C18H25NO5S/c1-12-8-9-15(25(4,22)23)10-16(12)18(21)24-11-17(20)19-13(2)6-5-7-14(19)3/h8-10,13-14H,5-7,11H2,1-4H3/t13-,14-/m1/s1. The summed E-state index contributed by atoms with van der Waals surface area (Å²) in [4.78, 5) is 26.6. The number of esters is 1. The Bertz CT molecular complexity index is 762. The molecule has 0 aromatic heterocycles. The van der Waals surface area contributed by atoms with Crippen LogP contribution >= 0.6 is 0 Å². The summed E-state index contributed by atoms with van der Waals surface area (Å²) in [6.07, 6.45) is 4.05. The van der Waals surface area contributed by atoms with E-state index < -0.39 is 15.8 Å². The van der Waals surface area contributed by atoms with Gasteiger partial charge in [-0.15, -0.1) is 0 Å². The van der Waals surface area contributed by atoms with E-state index in [1.165, 1.54) is 12.1 Å². The zero-order chi connectivity index (χ0) is 18.8. The normalized spacial score (nSPS) is 21.0. The number of carbonyl (C=O) groups excluding carboxylic acids is 2. The van der Waals surface area contributed by atoms with Crippen LogP contribution in [-0.2, 0) is 19.4 Å². The van der Waals surface area contributed by atoms with Crippen molar-refractivity contribution in [2.75, 3.05) is 12.9 Å². The first-order chi connectivity index (χ1) is 11.6. The number of likely N-dealkylation sites (tertiary alicyclic amines) is 1. The molecule has 138 valence electrons. The number of aryl methyl sites for hydroxylation is 1. The maximum absolute atomic E-state index is 12.4. The first-order valence-corrected chi connectivity index (χ1v) is 10.3. The number of carbonyl (C=O) groups is 2. The molecule has 25 heavy (non-hydrogen) atoms. The average Bonchev–Trinajstić information content (AvgIpc) is 2.51. The molecule has 0 bridgehead atoms. The van der Waals surface area contributed by atoms with Crippen molar-refractivity contribution < 1.29 is 22.7 Å². The summed E-state index contributed by atoms with van der Waals surface area (Å²) in [5, 5.41) is 0. The summed E-state index contributed by atoms with van der Waals surface area (Å²) in [5.74, 6) is -0.904. The average molecular weight is 367 g/mol. The molecule has 0 unspecified atom stereocenters. The van der Waals surface area contributed by atoms with Crippen LogP contribution in [0, 0.1) is 6.92 Å². The van der Waals surface area contributed by atoms with Crippen molar-refractivity contribution in [3.05, 3.63) is 29.3 Å². The molecule has 2 rings (SSSR count). The van der Waals surface area contributed by atoms with Crippen LogP contribution in [0.25, 0.3) is 0 Å². The number of amides is 1. The molecule has 1 amide bonds. The molecule has 1 heterocycles. The molecular formula is C18H25NO5S. The third kappa shape index (κ3) is 4.60. The predicted molar refractivity (Wildman–Crippen MR) is 94.2 cm³/mol. The van der Waals surface area contributed by atoms with E-state index in [0.717, 1.165) is 25.5 Å². The van der Waals surface area contributed by atoms with Gasteiger partial charge in [0.05, 0.1) is 10.5 Å². The molecular weight excluding hydrogens is 342 g/mol. The van der Waals surface area contributed by atoms with Gasteiger partial charge in [0, 0.05) is 18.3 Å². The Kier molecular flexibility index (Phi) is 5.87. The molecule has 2 atom stereocenters. The monoisotopic (exact) mass is 367 g/mol. The summed E-state index contributed by atoms with van der Waals surface area (Å²) in [6.45, 7) is 5.35. The van der Waals surface area contributed by atoms with Gasteiger partial charge in [0.2, 0.25) is 0 Å². The van der Waals surface area contributed by atoms with Crippen LogP contribution < -0.4 is 0 Å². The first-order valence-electron chi connectivity index (χ1n) is 8.40. The van der Waals surface area contributed by atoms with Gasteiger partial charge in [-0.2, -0.15) is 0 Å². The van der Waals surface area contributed by atoms with Gasteiger partial charge in [-0.3, -0.25) is 4.79 Å². The van der Waals surface area contributed by atoms with E-state index >= 15 is 0 Å². The third-order valence-electron chi connectivity index (χ3n) is 4.67. The number of hydrogen-bond donors (Lipinski definition) is 0. The summed E-state index contributed by atoms with van der Waals surface area (Å²) in [6, 6.07) is 4.56. The summed E-state index contributed by atoms with van der Waals surface area (Å²) in [7, 11) is -3.42. The van der Waals surface area contributed by atoms with Crippen LogP contribution in [0.15, 0.2) is 23.1 Å². The van der Waals surface area contributed by atoms with Gasteiger partial charge in [-0.25, -0.2) is 13.2 Å². The quantitative estimate of drug-likeness (QED) is 0.763. The van der Waals surface area contributed by atoms with Crippen LogP contribution in [0.1, 0.15) is 49.0 Å². The van der Waals surface area contributed by atoms with Gasteiger partial charge >= 0.3 is 5.97 Å². The lowest BCUT2D eigenvalue weighted by atomic mass is 9.97. The molecule has 1 aromatic rings. The van der Waals surface area contributed by atoms with Crippen LogP contribution in [0.3, 0.4) is 0 Å². The highest BCUT2D eigenvalue weighted by Crippen LogP contribution is 2.23. The van der Waals surface area contributed by atoms with Crippen LogP contribution in [0.4, 0.5) is 0 Å². The highest BCUT2D eigenvalue weighted by Gasteiger charge is 2.29. The maximum atomic E-state index is 12.4. The molecule has 1 fully saturated rings. The van der Waals surface area contributed by atoms with Gasteiger partial charge in [-0.1, -0.05) is 6.07 Å². The molecule has 1 aliphatic rings. The summed E-state index contributed by atoms with van der Waals surface area (Å²) >= 11 is 0. The largest absolute Gasteiger partial charge is 0.452 e. The summed E-state index contributed by atoms with van der Waals surface area (Å²) < 4.78 is 28.5. The minimum atomic E-state index is -3.42. The third-order valence-corrected chi connectivity index (χ3v) is 5.78. The fourth-order valence-electron chi connectivity index (χ4n) is 3.24. The van der Waals surface area contributed by atoms with Crippen molar-refractivity contribution >= 4 is 21.7 Å². The fourth-order valence-corrected chi connectivity index (χ4v) is 3.89. The minimum absolute atomic E-state index is 0.0506. The molecule has 6 nitrogen and oxygen atoms in total. The number of piperidine rings is 1. The van der Waals surface area contributed by atoms with Crippen molar-refractivity contribution in [1.82, 2.24) is 4.90 Å². The van der Waals surface area contributed by atoms with E-state index in [0.29, 0.717) is 5.56 Å². The second-order valence-corrected chi connectivity index (χ2v) is 8.77. The lowest BCUT2D eigenvalue weighted by molar-refractivity contribution is -0.140. The van der Waals surface area contributed by atoms with Crippen molar-refractivity contribution in [1.29, 1.82) is 0 Å². The number of sulfone groups is 1. The highest BCUT2D eigenvalue weighted by atomic mass is 32.2. The molecule has 1 saturated heterocycles. The Morgan fingerprint density at radius 2 is 1.80 bits per heavy atom. The van der Waals surface area contributed by atoms with Crippen LogP contribution in [0.5, 0.6) is 0 Å². The topological polar surface area (TPSA) is 80.7 Å². The lowest BCUT2D eigenvalue weighted by Gasteiger charge is -2.38. The Morgan fingerprint density at radius 3 is 2.36 bits per heavy atom. The molecule has 0 N–H and O–H groups in total. The van der Waals surface area contributed by atoms with E-state index in [1.807, 2.05) is 13.8 Å². The first kappa shape index (κ1) is 19.4. The molecule has 1 aromatic carbocycles. The van der Waals surface area contributed by atoms with E-state index in [2.05, 4.69) is 0 Å². The Morgan fingerprint density at radius 1 is 1.20 bits per heavy atom. The van der Waals surface area contributed by atoms with E-state index in [-0.39, 0.29) is 35.1 Å². The molecule has 0 radical (unpaired) electrons. The molecule has 0 aliphatic carbocycles. The van der Waals surface area contributed by atoms with E-state index in [9.17, 15) is 18.0 Å². The van der Waals surface area contributed by atoms with Gasteiger partial charge in [0.1, 0.15) is 0 Å². The molecule has 0 spiro atoms.